The fourth-order valence-electron chi connectivity index (χ4n) is 5.78. The van der Waals surface area contributed by atoms with Crippen molar-refractivity contribution >= 4 is 28.9 Å². The Morgan fingerprint density at radius 1 is 0.909 bits per heavy atom. The van der Waals surface area contributed by atoms with E-state index in [1.807, 2.05) is 0 Å². The number of nitrogens with zero attached hydrogens (tertiary/aromatic N) is 3. The van der Waals surface area contributed by atoms with Gasteiger partial charge in [0, 0.05) is 37.8 Å². The smallest absolute Gasteiger partial charge is 0.416 e. The number of alkyl halides is 6. The second-order valence-corrected chi connectivity index (χ2v) is 12.1. The average Bonchev–Trinajstić information content (AvgIpc) is 3.16. The lowest BCUT2D eigenvalue weighted by molar-refractivity contribution is -0.143. The Balaban J connectivity index is 1.22. The van der Waals surface area contributed by atoms with E-state index < -0.39 is 35.6 Å². The van der Waals surface area contributed by atoms with Crippen LogP contribution >= 0.6 is 11.8 Å². The van der Waals surface area contributed by atoms with Gasteiger partial charge >= 0.3 is 12.4 Å². The molecule has 2 aliphatic heterocycles. The maximum atomic E-state index is 13.5. The lowest BCUT2D eigenvalue weighted by Gasteiger charge is -2.39. The number of amides is 1. The fraction of sp³-hybridized carbons (Fsp3) is 0.484. The summed E-state index contributed by atoms with van der Waals surface area (Å²) in [4.78, 5) is 22.1. The predicted molar refractivity (Wildman–Crippen MR) is 156 cm³/mol. The Morgan fingerprint density at radius 2 is 1.61 bits per heavy atom. The lowest BCUT2D eigenvalue weighted by Crippen LogP contribution is -2.51. The first-order valence-corrected chi connectivity index (χ1v) is 15.3. The lowest BCUT2D eigenvalue weighted by atomic mass is 10.0. The highest BCUT2D eigenvalue weighted by molar-refractivity contribution is 8.18. The molecule has 0 atom stereocenters. The maximum Gasteiger partial charge on any atom is 0.416 e. The number of carbonyl (C=O) groups excluding carboxylic acids is 1. The van der Waals surface area contributed by atoms with E-state index in [2.05, 4.69) is 14.8 Å². The van der Waals surface area contributed by atoms with Gasteiger partial charge in [0.2, 0.25) is 0 Å². The molecule has 1 saturated heterocycles. The predicted octanol–water partition coefficient (Wildman–Crippen LogP) is 7.62. The van der Waals surface area contributed by atoms with Gasteiger partial charge in [0.25, 0.3) is 5.91 Å². The van der Waals surface area contributed by atoms with Crippen molar-refractivity contribution < 1.29 is 40.6 Å². The van der Waals surface area contributed by atoms with Crippen molar-refractivity contribution in [2.75, 3.05) is 33.3 Å². The summed E-state index contributed by atoms with van der Waals surface area (Å²) in [5, 5.41) is 0.672. The Kier molecular flexibility index (Phi) is 9.83. The Hall–Kier alpha value is -3.19. The molecular weight excluding hydrogens is 608 g/mol. The van der Waals surface area contributed by atoms with E-state index in [1.54, 1.807) is 18.2 Å². The average molecular weight is 642 g/mol. The highest BCUT2D eigenvalue weighted by atomic mass is 32.2. The van der Waals surface area contributed by atoms with Gasteiger partial charge in [-0.25, -0.2) is 0 Å². The van der Waals surface area contributed by atoms with Crippen LogP contribution in [0.4, 0.5) is 26.3 Å². The van der Waals surface area contributed by atoms with Crippen molar-refractivity contribution in [2.45, 2.75) is 63.5 Å². The minimum atomic E-state index is -5.01. The molecule has 0 bridgehead atoms. The number of benzene rings is 2. The quantitative estimate of drug-likeness (QED) is 0.184. The van der Waals surface area contributed by atoms with Crippen LogP contribution in [0.3, 0.4) is 0 Å². The molecule has 13 heteroatoms. The van der Waals surface area contributed by atoms with Crippen LogP contribution in [0.15, 0.2) is 46.3 Å². The third kappa shape index (κ3) is 7.71. The summed E-state index contributed by atoms with van der Waals surface area (Å²) in [5.74, 6) is -0.0694. The van der Waals surface area contributed by atoms with Gasteiger partial charge in [0.05, 0.1) is 23.1 Å². The molecule has 5 rings (SSSR count). The zero-order valence-corrected chi connectivity index (χ0v) is 25.0. The number of methoxy groups -OCH3 is 1. The molecule has 0 radical (unpaired) electrons. The summed E-state index contributed by atoms with van der Waals surface area (Å²) in [7, 11) is 1.35. The van der Waals surface area contributed by atoms with Crippen LogP contribution < -0.4 is 9.47 Å². The molecule has 0 unspecified atom stereocenters. The topological polar surface area (TPSA) is 54.4 Å². The van der Waals surface area contributed by atoms with E-state index in [9.17, 15) is 31.1 Å². The SMILES string of the molecule is COc1cc(/C=C2\SC(N3CCN(C4CCCCCC4)CC3)=NC2=O)ccc1OCc1ccc(C(F)(F)F)cc1C(F)(F)F. The van der Waals surface area contributed by atoms with Crippen molar-refractivity contribution in [3.63, 3.8) is 0 Å². The molecule has 3 aliphatic rings. The number of thioether (sulfide) groups is 1. The number of amidine groups is 1. The molecule has 6 nitrogen and oxygen atoms in total. The zero-order chi connectivity index (χ0) is 31.5. The van der Waals surface area contributed by atoms with E-state index in [4.69, 9.17) is 9.47 Å². The molecule has 2 aromatic rings. The van der Waals surface area contributed by atoms with Crippen LogP contribution in [0.5, 0.6) is 11.5 Å². The second kappa shape index (κ2) is 13.4. The normalized spacial score (nSPS) is 20.2. The standard InChI is InChI=1S/C31H33F6N3O3S/c1-42-26-16-20(8-11-25(26)43-19-21-9-10-22(30(32,33)34)18-24(21)31(35,36)37)17-27-28(41)38-29(44-27)40-14-12-39(13-15-40)23-6-4-2-3-5-7-23/h8-11,16-18,23H,2-7,12-15,19H2,1H3/b27-17-. The van der Waals surface area contributed by atoms with Crippen LogP contribution in [0.1, 0.15) is 60.8 Å². The second-order valence-electron chi connectivity index (χ2n) is 11.0. The van der Waals surface area contributed by atoms with E-state index >= 15 is 0 Å². The third-order valence-electron chi connectivity index (χ3n) is 8.15. The first-order chi connectivity index (χ1) is 20.9. The number of ether oxygens (including phenoxy) is 2. The Morgan fingerprint density at radius 3 is 2.25 bits per heavy atom. The summed E-state index contributed by atoms with van der Waals surface area (Å²) in [6.07, 6.45) is -0.568. The molecule has 0 spiro atoms. The number of hydrogen-bond donors (Lipinski definition) is 0. The molecule has 0 aromatic heterocycles. The monoisotopic (exact) mass is 641 g/mol. The summed E-state index contributed by atoms with van der Waals surface area (Å²) in [5.41, 5.74) is -2.69. The van der Waals surface area contributed by atoms with Gasteiger partial charge in [0.15, 0.2) is 16.7 Å². The maximum absolute atomic E-state index is 13.5. The van der Waals surface area contributed by atoms with Crippen molar-refractivity contribution in [3.05, 3.63) is 63.6 Å². The van der Waals surface area contributed by atoms with Crippen LogP contribution in [0.25, 0.3) is 6.08 Å². The summed E-state index contributed by atoms with van der Waals surface area (Å²) in [6, 6.07) is 6.71. The summed E-state index contributed by atoms with van der Waals surface area (Å²) in [6.45, 7) is 2.85. The van der Waals surface area contributed by atoms with Gasteiger partial charge in [-0.2, -0.15) is 31.3 Å². The van der Waals surface area contributed by atoms with Crippen molar-refractivity contribution in [2.24, 2.45) is 4.99 Å². The number of piperazine rings is 1. The first-order valence-electron chi connectivity index (χ1n) is 14.5. The Labute approximate surface area is 256 Å². The van der Waals surface area contributed by atoms with Crippen LogP contribution in [-0.4, -0.2) is 60.2 Å². The molecule has 2 aromatic carbocycles. The first kappa shape index (κ1) is 32.2. The summed E-state index contributed by atoms with van der Waals surface area (Å²) >= 11 is 1.30. The van der Waals surface area contributed by atoms with Crippen molar-refractivity contribution in [3.8, 4) is 11.5 Å². The van der Waals surface area contributed by atoms with Crippen molar-refractivity contribution in [1.82, 2.24) is 9.80 Å². The van der Waals surface area contributed by atoms with Gasteiger partial charge in [-0.3, -0.25) is 9.69 Å². The highest BCUT2D eigenvalue weighted by Gasteiger charge is 2.38. The van der Waals surface area contributed by atoms with E-state index in [0.29, 0.717) is 27.7 Å². The van der Waals surface area contributed by atoms with Crippen LogP contribution in [-0.2, 0) is 23.8 Å². The summed E-state index contributed by atoms with van der Waals surface area (Å²) < 4.78 is 90.5. The van der Waals surface area contributed by atoms with Gasteiger partial charge < -0.3 is 14.4 Å². The number of hydrogen-bond acceptors (Lipinski definition) is 6. The number of carbonyl (C=O) groups is 1. The molecule has 2 heterocycles. The van der Waals surface area contributed by atoms with Gasteiger partial charge in [-0.15, -0.1) is 0 Å². The molecular formula is C31H33F6N3O3S. The van der Waals surface area contributed by atoms with Gasteiger partial charge in [0.1, 0.15) is 6.61 Å². The highest BCUT2D eigenvalue weighted by Crippen LogP contribution is 2.39. The Bertz CT molecular complexity index is 1410. The minimum Gasteiger partial charge on any atom is -0.493 e. The van der Waals surface area contributed by atoms with E-state index in [0.717, 1.165) is 32.2 Å². The number of aliphatic imine (C=N–C) groups is 1. The largest absolute Gasteiger partial charge is 0.493 e. The van der Waals surface area contributed by atoms with Crippen molar-refractivity contribution in [1.29, 1.82) is 0 Å². The number of rotatable bonds is 6. The molecule has 1 saturated carbocycles. The number of halogens is 6. The molecule has 1 amide bonds. The molecule has 238 valence electrons. The molecule has 2 fully saturated rings. The van der Waals surface area contributed by atoms with Crippen LogP contribution in [0, 0.1) is 0 Å². The van der Waals surface area contributed by atoms with Gasteiger partial charge in [-0.1, -0.05) is 37.8 Å². The molecule has 0 N–H and O–H groups in total. The minimum absolute atomic E-state index is 0.0790. The molecule has 1 aliphatic carbocycles. The van der Waals surface area contributed by atoms with Gasteiger partial charge in [-0.05, 0) is 60.5 Å². The molecule has 44 heavy (non-hydrogen) atoms. The fourth-order valence-corrected chi connectivity index (χ4v) is 6.74. The zero-order valence-electron chi connectivity index (χ0n) is 24.1. The van der Waals surface area contributed by atoms with Crippen LogP contribution in [0.2, 0.25) is 0 Å². The third-order valence-corrected chi connectivity index (χ3v) is 9.19. The van der Waals surface area contributed by atoms with E-state index in [-0.39, 0.29) is 23.5 Å². The van der Waals surface area contributed by atoms with E-state index in [1.165, 1.54) is 63.5 Å².